The van der Waals surface area contributed by atoms with Crippen molar-refractivity contribution in [1.29, 1.82) is 0 Å². The first-order chi connectivity index (χ1) is 12.1. The molecule has 0 aliphatic carbocycles. The number of fused-ring (bicyclic) bond motifs is 1. The zero-order chi connectivity index (χ0) is 17.4. The van der Waals surface area contributed by atoms with E-state index < -0.39 is 0 Å². The standard InChI is InChI=1S/C20H21NO4/c1-13-5-6-14(24-13)11-18-19(23)15-7-8-17(22)16(20(15)25-18)12-21-9-3-2-4-10-21/h5-8,11,22H,2-4,9-10,12H2,1H3/b18-11+. The second-order valence-electron chi connectivity index (χ2n) is 6.66. The Bertz CT molecular complexity index is 843. The molecule has 5 heteroatoms. The van der Waals surface area contributed by atoms with E-state index in [0.29, 0.717) is 29.2 Å². The largest absolute Gasteiger partial charge is 0.507 e. The molecule has 5 nitrogen and oxygen atoms in total. The molecule has 0 spiro atoms. The molecule has 2 aliphatic heterocycles. The van der Waals surface area contributed by atoms with Gasteiger partial charge >= 0.3 is 0 Å². The Balaban J connectivity index is 1.65. The third-order valence-electron chi connectivity index (χ3n) is 4.78. The van der Waals surface area contributed by atoms with Gasteiger partial charge in [-0.25, -0.2) is 0 Å². The van der Waals surface area contributed by atoms with Gasteiger partial charge in [-0.2, -0.15) is 0 Å². The Morgan fingerprint density at radius 3 is 2.68 bits per heavy atom. The Labute approximate surface area is 146 Å². The van der Waals surface area contributed by atoms with E-state index in [1.54, 1.807) is 24.3 Å². The number of aromatic hydroxyl groups is 1. The van der Waals surface area contributed by atoms with Crippen molar-refractivity contribution < 1.29 is 19.1 Å². The molecule has 4 rings (SSSR count). The molecule has 0 radical (unpaired) electrons. The number of piperidine rings is 1. The molecule has 0 bridgehead atoms. The quantitative estimate of drug-likeness (QED) is 0.860. The van der Waals surface area contributed by atoms with Crippen LogP contribution in [-0.2, 0) is 6.54 Å². The molecule has 3 heterocycles. The topological polar surface area (TPSA) is 62.9 Å². The van der Waals surface area contributed by atoms with Gasteiger partial charge in [-0.15, -0.1) is 0 Å². The first-order valence-corrected chi connectivity index (χ1v) is 8.70. The van der Waals surface area contributed by atoms with E-state index >= 15 is 0 Å². The zero-order valence-electron chi connectivity index (χ0n) is 14.2. The summed E-state index contributed by atoms with van der Waals surface area (Å²) in [5.74, 6) is 2.06. The molecule has 1 aromatic carbocycles. The summed E-state index contributed by atoms with van der Waals surface area (Å²) in [5.41, 5.74) is 1.19. The summed E-state index contributed by atoms with van der Waals surface area (Å²) in [4.78, 5) is 14.9. The number of ether oxygens (including phenoxy) is 1. The summed E-state index contributed by atoms with van der Waals surface area (Å²) in [6.07, 6.45) is 5.19. The SMILES string of the molecule is Cc1ccc(/C=C2/Oc3c(ccc(O)c3CN3CCCCC3)C2=O)o1. The third-order valence-corrected chi connectivity index (χ3v) is 4.78. The normalized spacial score (nSPS) is 19.2. The summed E-state index contributed by atoms with van der Waals surface area (Å²) in [7, 11) is 0. The van der Waals surface area contributed by atoms with Crippen LogP contribution in [0.15, 0.2) is 34.4 Å². The van der Waals surface area contributed by atoms with Gasteiger partial charge in [-0.05, 0) is 57.1 Å². The van der Waals surface area contributed by atoms with Gasteiger partial charge in [-0.3, -0.25) is 9.69 Å². The van der Waals surface area contributed by atoms with Crippen LogP contribution in [-0.4, -0.2) is 28.9 Å². The lowest BCUT2D eigenvalue weighted by molar-refractivity contribution is 0.101. The number of furan rings is 1. The Morgan fingerprint density at radius 2 is 1.96 bits per heavy atom. The van der Waals surface area contributed by atoms with Gasteiger partial charge in [-0.1, -0.05) is 6.42 Å². The number of Topliss-reactive ketones (excluding diaryl/α,β-unsaturated/α-hetero) is 1. The highest BCUT2D eigenvalue weighted by Crippen LogP contribution is 2.40. The summed E-state index contributed by atoms with van der Waals surface area (Å²) in [5, 5.41) is 10.3. The van der Waals surface area contributed by atoms with Gasteiger partial charge < -0.3 is 14.3 Å². The number of carbonyl (C=O) groups excluding carboxylic acids is 1. The van der Waals surface area contributed by atoms with E-state index in [2.05, 4.69) is 4.90 Å². The Morgan fingerprint density at radius 1 is 1.16 bits per heavy atom. The molecule has 0 atom stereocenters. The molecule has 0 amide bonds. The fourth-order valence-corrected chi connectivity index (χ4v) is 3.45. The van der Waals surface area contributed by atoms with E-state index in [1.807, 2.05) is 13.0 Å². The van der Waals surface area contributed by atoms with Crippen molar-refractivity contribution in [2.45, 2.75) is 32.7 Å². The predicted molar refractivity (Wildman–Crippen MR) is 93.6 cm³/mol. The number of benzene rings is 1. The maximum Gasteiger partial charge on any atom is 0.232 e. The number of allylic oxidation sites excluding steroid dienone is 1. The van der Waals surface area contributed by atoms with E-state index in [1.165, 1.54) is 19.3 Å². The molecule has 1 saturated heterocycles. The van der Waals surface area contributed by atoms with Crippen molar-refractivity contribution >= 4 is 11.9 Å². The van der Waals surface area contributed by atoms with Gasteiger partial charge in [0.15, 0.2) is 5.76 Å². The second kappa shape index (κ2) is 6.41. The molecule has 2 aliphatic rings. The monoisotopic (exact) mass is 339 g/mol. The lowest BCUT2D eigenvalue weighted by Gasteiger charge is -2.27. The van der Waals surface area contributed by atoms with Crippen molar-refractivity contribution in [3.05, 3.63) is 52.7 Å². The summed E-state index contributed by atoms with van der Waals surface area (Å²) in [6.45, 7) is 4.45. The van der Waals surface area contributed by atoms with Crippen LogP contribution in [0.5, 0.6) is 11.5 Å². The average Bonchev–Trinajstić information content (AvgIpc) is 3.16. The minimum absolute atomic E-state index is 0.173. The van der Waals surface area contributed by atoms with Crippen LogP contribution in [0, 0.1) is 6.92 Å². The van der Waals surface area contributed by atoms with Gasteiger partial charge in [0, 0.05) is 12.6 Å². The second-order valence-corrected chi connectivity index (χ2v) is 6.66. The van der Waals surface area contributed by atoms with Gasteiger partial charge in [0.25, 0.3) is 0 Å². The first kappa shape index (κ1) is 16.0. The zero-order valence-corrected chi connectivity index (χ0v) is 14.2. The van der Waals surface area contributed by atoms with Crippen LogP contribution in [0.1, 0.15) is 46.7 Å². The van der Waals surface area contributed by atoms with Crippen molar-refractivity contribution in [1.82, 2.24) is 4.90 Å². The van der Waals surface area contributed by atoms with Crippen molar-refractivity contribution in [3.63, 3.8) is 0 Å². The number of ketones is 1. The molecule has 25 heavy (non-hydrogen) atoms. The summed E-state index contributed by atoms with van der Waals surface area (Å²) >= 11 is 0. The Kier molecular flexibility index (Phi) is 4.09. The van der Waals surface area contributed by atoms with Crippen molar-refractivity contribution in [2.75, 3.05) is 13.1 Å². The fraction of sp³-hybridized carbons (Fsp3) is 0.350. The first-order valence-electron chi connectivity index (χ1n) is 8.70. The van der Waals surface area contributed by atoms with Crippen LogP contribution in [0.3, 0.4) is 0 Å². The minimum atomic E-state index is -0.177. The number of likely N-dealkylation sites (tertiary alicyclic amines) is 1. The molecule has 0 saturated carbocycles. The number of phenolic OH excluding ortho intramolecular Hbond substituents is 1. The van der Waals surface area contributed by atoms with Crippen LogP contribution in [0.4, 0.5) is 0 Å². The number of hydrogen-bond acceptors (Lipinski definition) is 5. The molecule has 1 N–H and O–H groups in total. The van der Waals surface area contributed by atoms with Gasteiger partial charge in [0.05, 0.1) is 11.1 Å². The lowest BCUT2D eigenvalue weighted by atomic mass is 10.0. The van der Waals surface area contributed by atoms with Crippen LogP contribution >= 0.6 is 0 Å². The highest BCUT2D eigenvalue weighted by Gasteiger charge is 2.32. The molecule has 1 fully saturated rings. The summed E-state index contributed by atoms with van der Waals surface area (Å²) in [6, 6.07) is 6.85. The number of aryl methyl sites for hydroxylation is 1. The van der Waals surface area contributed by atoms with E-state index in [0.717, 1.165) is 18.8 Å². The smallest absolute Gasteiger partial charge is 0.232 e. The number of phenols is 1. The molecule has 130 valence electrons. The molecule has 1 aromatic heterocycles. The highest BCUT2D eigenvalue weighted by atomic mass is 16.5. The van der Waals surface area contributed by atoms with Crippen LogP contribution in [0.25, 0.3) is 6.08 Å². The Hall–Kier alpha value is -2.53. The maximum atomic E-state index is 12.6. The highest BCUT2D eigenvalue weighted by molar-refractivity contribution is 6.14. The van der Waals surface area contributed by atoms with Crippen molar-refractivity contribution in [3.8, 4) is 11.5 Å². The van der Waals surface area contributed by atoms with Crippen molar-refractivity contribution in [2.24, 2.45) is 0 Å². The number of nitrogens with zero attached hydrogens (tertiary/aromatic N) is 1. The molecule has 2 aromatic rings. The number of carbonyl (C=O) groups is 1. The van der Waals surface area contributed by atoms with E-state index in [-0.39, 0.29) is 17.3 Å². The fourth-order valence-electron chi connectivity index (χ4n) is 3.45. The van der Waals surface area contributed by atoms with Crippen LogP contribution < -0.4 is 4.74 Å². The maximum absolute atomic E-state index is 12.6. The van der Waals surface area contributed by atoms with Gasteiger partial charge in [0.1, 0.15) is 23.0 Å². The van der Waals surface area contributed by atoms with Gasteiger partial charge in [0.2, 0.25) is 5.78 Å². The lowest BCUT2D eigenvalue weighted by Crippen LogP contribution is -2.29. The predicted octanol–water partition coefficient (Wildman–Crippen LogP) is 3.90. The van der Waals surface area contributed by atoms with Crippen LogP contribution in [0.2, 0.25) is 0 Å². The minimum Gasteiger partial charge on any atom is -0.507 e. The molecular weight excluding hydrogens is 318 g/mol. The van der Waals surface area contributed by atoms with E-state index in [9.17, 15) is 9.90 Å². The van der Waals surface area contributed by atoms with E-state index in [4.69, 9.17) is 9.15 Å². The summed E-state index contributed by atoms with van der Waals surface area (Å²) < 4.78 is 11.4. The molecular formula is C20H21NO4. The molecule has 0 unspecified atom stereocenters. The third kappa shape index (κ3) is 3.07. The number of hydrogen-bond donors (Lipinski definition) is 1. The number of rotatable bonds is 3. The average molecular weight is 339 g/mol.